The Morgan fingerprint density at radius 1 is 1.00 bits per heavy atom. The fraction of sp³-hybridized carbons (Fsp3) is 0.111. The first kappa shape index (κ1) is 14.6. The van der Waals surface area contributed by atoms with Crippen LogP contribution < -0.4 is 0 Å². The molecule has 3 rings (SSSR count). The molecule has 0 fully saturated rings. The molecular formula is C18H16N2OS. The van der Waals surface area contributed by atoms with Gasteiger partial charge in [0.1, 0.15) is 16.5 Å². The summed E-state index contributed by atoms with van der Waals surface area (Å²) in [5.74, 6) is 0.809. The van der Waals surface area contributed by atoms with E-state index in [0.717, 1.165) is 22.1 Å². The predicted molar refractivity (Wildman–Crippen MR) is 90.8 cm³/mol. The van der Waals surface area contributed by atoms with Gasteiger partial charge in [0.25, 0.3) is 0 Å². The van der Waals surface area contributed by atoms with Gasteiger partial charge in [-0.25, -0.2) is 4.98 Å². The second-order valence-electron chi connectivity index (χ2n) is 4.89. The Balaban J connectivity index is 2.33. The number of thioether (sulfide) groups is 1. The molecule has 0 radical (unpaired) electrons. The number of benzene rings is 2. The van der Waals surface area contributed by atoms with Crippen LogP contribution >= 0.6 is 11.8 Å². The number of carbonyl (C=O) groups excluding carboxylic acids is 1. The maximum Gasteiger partial charge on any atom is 0.179 e. The predicted octanol–water partition coefficient (Wildman–Crippen LogP) is 4.46. The molecule has 0 aliphatic heterocycles. The summed E-state index contributed by atoms with van der Waals surface area (Å²) < 4.78 is 1.95. The fourth-order valence-corrected chi connectivity index (χ4v) is 3.07. The van der Waals surface area contributed by atoms with Crippen molar-refractivity contribution in [1.82, 2.24) is 9.55 Å². The molecule has 0 spiro atoms. The zero-order chi connectivity index (χ0) is 15.5. The Kier molecular flexibility index (Phi) is 4.11. The van der Waals surface area contributed by atoms with Crippen LogP contribution in [0.5, 0.6) is 0 Å². The average molecular weight is 308 g/mol. The summed E-state index contributed by atoms with van der Waals surface area (Å²) in [4.78, 5) is 16.9. The molecule has 110 valence electrons. The molecule has 0 saturated carbocycles. The van der Waals surface area contributed by atoms with Gasteiger partial charge < -0.3 is 0 Å². The lowest BCUT2D eigenvalue weighted by Gasteiger charge is -2.11. The Bertz CT molecular complexity index is 795. The molecule has 0 aliphatic rings. The van der Waals surface area contributed by atoms with Gasteiger partial charge in [-0.3, -0.25) is 9.36 Å². The Labute approximate surface area is 134 Å². The molecule has 0 bridgehead atoms. The molecule has 4 heteroatoms. The molecule has 3 nitrogen and oxygen atoms in total. The van der Waals surface area contributed by atoms with Gasteiger partial charge in [-0.2, -0.15) is 0 Å². The third-order valence-electron chi connectivity index (χ3n) is 3.42. The number of ketones is 1. The van der Waals surface area contributed by atoms with Crippen molar-refractivity contribution in [2.24, 2.45) is 0 Å². The number of rotatable bonds is 4. The minimum absolute atomic E-state index is 0.0166. The third-order valence-corrected chi connectivity index (χ3v) is 4.09. The third kappa shape index (κ3) is 2.57. The summed E-state index contributed by atoms with van der Waals surface area (Å²) in [6.07, 6.45) is 1.94. The average Bonchev–Trinajstić information content (AvgIpc) is 2.96. The lowest BCUT2D eigenvalue weighted by Crippen LogP contribution is -2.06. The van der Waals surface area contributed by atoms with Crippen LogP contribution in [-0.2, 0) is 0 Å². The number of hydrogen-bond donors (Lipinski definition) is 0. The van der Waals surface area contributed by atoms with Gasteiger partial charge in [0.15, 0.2) is 5.78 Å². The number of hydrogen-bond acceptors (Lipinski definition) is 3. The smallest absolute Gasteiger partial charge is 0.179 e. The Morgan fingerprint density at radius 2 is 1.59 bits per heavy atom. The number of aromatic nitrogens is 2. The highest BCUT2D eigenvalue weighted by Gasteiger charge is 2.21. The van der Waals surface area contributed by atoms with Crippen LogP contribution in [0, 0.1) is 0 Å². The first-order chi connectivity index (χ1) is 10.7. The molecule has 1 aromatic heterocycles. The molecule has 0 N–H and O–H groups in total. The molecule has 3 aromatic rings. The second kappa shape index (κ2) is 6.20. The van der Waals surface area contributed by atoms with Gasteiger partial charge in [0.2, 0.25) is 0 Å². The van der Waals surface area contributed by atoms with Crippen molar-refractivity contribution in [2.45, 2.75) is 11.9 Å². The molecule has 1 heterocycles. The van der Waals surface area contributed by atoms with Crippen molar-refractivity contribution in [3.8, 4) is 17.1 Å². The van der Waals surface area contributed by atoms with Crippen molar-refractivity contribution in [1.29, 1.82) is 0 Å². The lowest BCUT2D eigenvalue weighted by atomic mass is 10.2. The summed E-state index contributed by atoms with van der Waals surface area (Å²) in [6.45, 7) is 1.59. The van der Waals surface area contributed by atoms with E-state index in [9.17, 15) is 4.79 Å². The van der Waals surface area contributed by atoms with Crippen LogP contribution in [0.1, 0.15) is 17.4 Å². The highest BCUT2D eigenvalue weighted by atomic mass is 32.2. The number of imidazole rings is 1. The molecule has 0 atom stereocenters. The van der Waals surface area contributed by atoms with Gasteiger partial charge in [-0.15, -0.1) is 11.8 Å². The van der Waals surface area contributed by atoms with Crippen molar-refractivity contribution in [3.05, 3.63) is 66.4 Å². The molecule has 0 aliphatic carbocycles. The summed E-state index contributed by atoms with van der Waals surface area (Å²) in [6, 6.07) is 19.8. The highest BCUT2D eigenvalue weighted by molar-refractivity contribution is 7.98. The van der Waals surface area contributed by atoms with Gasteiger partial charge in [-0.05, 0) is 18.4 Å². The zero-order valence-electron chi connectivity index (χ0n) is 12.5. The normalized spacial score (nSPS) is 10.6. The number of Topliss-reactive ketones (excluding diaryl/α,β-unsaturated/α-hetero) is 1. The van der Waals surface area contributed by atoms with E-state index in [-0.39, 0.29) is 5.78 Å². The van der Waals surface area contributed by atoms with Crippen LogP contribution in [0.3, 0.4) is 0 Å². The van der Waals surface area contributed by atoms with Crippen molar-refractivity contribution in [2.75, 3.05) is 6.26 Å². The van der Waals surface area contributed by atoms with Crippen LogP contribution in [0.4, 0.5) is 0 Å². The monoisotopic (exact) mass is 308 g/mol. The molecule has 0 amide bonds. The standard InChI is InChI=1S/C18H16N2OS/c1-13(21)16-18(22-2)19-17(14-9-5-3-6-10-14)20(16)15-11-7-4-8-12-15/h3-12H,1-2H3. The maximum atomic E-state index is 12.2. The quantitative estimate of drug-likeness (QED) is 0.527. The first-order valence-electron chi connectivity index (χ1n) is 7.01. The van der Waals surface area contributed by atoms with Crippen molar-refractivity contribution in [3.63, 3.8) is 0 Å². The number of para-hydroxylation sites is 1. The van der Waals surface area contributed by atoms with Crippen molar-refractivity contribution >= 4 is 17.5 Å². The fourth-order valence-electron chi connectivity index (χ4n) is 2.46. The summed E-state index contributed by atoms with van der Waals surface area (Å²) in [5.41, 5.74) is 2.58. The van der Waals surface area contributed by atoms with Crippen LogP contribution in [0.15, 0.2) is 65.7 Å². The Morgan fingerprint density at radius 3 is 2.14 bits per heavy atom. The first-order valence-corrected chi connectivity index (χ1v) is 8.23. The number of carbonyl (C=O) groups is 1. The van der Waals surface area contributed by atoms with E-state index in [1.165, 1.54) is 11.8 Å². The largest absolute Gasteiger partial charge is 0.293 e. The van der Waals surface area contributed by atoms with E-state index in [4.69, 9.17) is 4.98 Å². The minimum atomic E-state index is 0.0166. The summed E-state index contributed by atoms with van der Waals surface area (Å²) >= 11 is 1.50. The van der Waals surface area contributed by atoms with Gasteiger partial charge in [0.05, 0.1) is 0 Å². The van der Waals surface area contributed by atoms with E-state index >= 15 is 0 Å². The second-order valence-corrected chi connectivity index (χ2v) is 5.68. The van der Waals surface area contributed by atoms with Gasteiger partial charge in [0, 0.05) is 18.2 Å². The zero-order valence-corrected chi connectivity index (χ0v) is 13.3. The molecule has 2 aromatic carbocycles. The van der Waals surface area contributed by atoms with Crippen molar-refractivity contribution < 1.29 is 4.79 Å². The van der Waals surface area contributed by atoms with E-state index < -0.39 is 0 Å². The topological polar surface area (TPSA) is 34.9 Å². The minimum Gasteiger partial charge on any atom is -0.293 e. The van der Waals surface area contributed by atoms with Gasteiger partial charge in [-0.1, -0.05) is 48.5 Å². The molecular weight excluding hydrogens is 292 g/mol. The maximum absolute atomic E-state index is 12.2. The van der Waals surface area contributed by atoms with E-state index in [0.29, 0.717) is 5.69 Å². The SMILES string of the molecule is CSc1nc(-c2ccccc2)n(-c2ccccc2)c1C(C)=O. The summed E-state index contributed by atoms with van der Waals surface area (Å²) in [5, 5.41) is 0.759. The van der Waals surface area contributed by atoms with E-state index in [1.807, 2.05) is 71.5 Å². The number of nitrogens with zero attached hydrogens (tertiary/aromatic N) is 2. The summed E-state index contributed by atoms with van der Waals surface area (Å²) in [7, 11) is 0. The molecule has 0 saturated heterocycles. The highest BCUT2D eigenvalue weighted by Crippen LogP contribution is 2.31. The van der Waals surface area contributed by atoms with E-state index in [1.54, 1.807) is 6.92 Å². The molecule has 0 unspecified atom stereocenters. The van der Waals surface area contributed by atoms with Gasteiger partial charge >= 0.3 is 0 Å². The van der Waals surface area contributed by atoms with E-state index in [2.05, 4.69) is 0 Å². The van der Waals surface area contributed by atoms with Crippen LogP contribution in [0.2, 0.25) is 0 Å². The molecule has 22 heavy (non-hydrogen) atoms. The van der Waals surface area contributed by atoms with Crippen LogP contribution in [-0.4, -0.2) is 21.6 Å². The van der Waals surface area contributed by atoms with Crippen LogP contribution in [0.25, 0.3) is 17.1 Å². The lowest BCUT2D eigenvalue weighted by molar-refractivity contribution is 0.100. The Hall–Kier alpha value is -2.33.